The monoisotopic (exact) mass is 463 g/mol. The van der Waals surface area contributed by atoms with Crippen LogP contribution in [-0.2, 0) is 16.0 Å². The van der Waals surface area contributed by atoms with E-state index in [1.807, 2.05) is 0 Å². The van der Waals surface area contributed by atoms with Crippen LogP contribution in [0.15, 0.2) is 34.9 Å². The smallest absolute Gasteiger partial charge is 0.484 e. The predicted octanol–water partition coefficient (Wildman–Crippen LogP) is 4.14. The Hall–Kier alpha value is -2.66. The molecule has 1 aromatic heterocycles. The SMILES string of the molecule is C=C(CCc1nnc([C@@H]2C[C@H]2COC(F)(F)F)o1)NC(=O)COc1ccc(Cl)c(F)c1. The van der Waals surface area contributed by atoms with Crippen LogP contribution < -0.4 is 10.1 Å². The van der Waals surface area contributed by atoms with E-state index in [-0.39, 0.29) is 47.4 Å². The number of rotatable bonds is 10. The zero-order valence-corrected chi connectivity index (χ0v) is 16.8. The third kappa shape index (κ3) is 7.21. The molecule has 1 fully saturated rings. The molecule has 2 atom stereocenters. The molecule has 31 heavy (non-hydrogen) atoms. The van der Waals surface area contributed by atoms with Gasteiger partial charge in [-0.2, -0.15) is 0 Å². The summed E-state index contributed by atoms with van der Waals surface area (Å²) in [5.74, 6) is -1.00. The second kappa shape index (κ2) is 9.65. The molecule has 0 aliphatic heterocycles. The molecule has 1 saturated carbocycles. The number of benzene rings is 1. The van der Waals surface area contributed by atoms with Crippen molar-refractivity contribution in [2.45, 2.75) is 31.5 Å². The van der Waals surface area contributed by atoms with E-state index in [2.05, 4.69) is 26.8 Å². The number of hydrogen-bond acceptors (Lipinski definition) is 6. The lowest BCUT2D eigenvalue weighted by Crippen LogP contribution is -2.28. The maximum Gasteiger partial charge on any atom is 0.522 e. The molecule has 1 amide bonds. The van der Waals surface area contributed by atoms with Crippen LogP contribution in [-0.4, -0.2) is 35.7 Å². The average Bonchev–Trinajstić information content (AvgIpc) is 3.32. The van der Waals surface area contributed by atoms with Crippen LogP contribution in [0.25, 0.3) is 0 Å². The largest absolute Gasteiger partial charge is 0.522 e. The number of ether oxygens (including phenoxy) is 2. The second-order valence-corrected chi connectivity index (χ2v) is 7.32. The van der Waals surface area contributed by atoms with Crippen LogP contribution in [0.4, 0.5) is 17.6 Å². The number of amides is 1. The predicted molar refractivity (Wildman–Crippen MR) is 99.7 cm³/mol. The highest BCUT2D eigenvalue weighted by Crippen LogP contribution is 2.47. The summed E-state index contributed by atoms with van der Waals surface area (Å²) >= 11 is 5.57. The van der Waals surface area contributed by atoms with Crippen LogP contribution >= 0.6 is 11.6 Å². The molecule has 1 heterocycles. The van der Waals surface area contributed by atoms with Crippen LogP contribution in [0.5, 0.6) is 5.75 Å². The van der Waals surface area contributed by atoms with Crippen LogP contribution in [0, 0.1) is 11.7 Å². The Labute approximate surface area is 179 Å². The zero-order valence-electron chi connectivity index (χ0n) is 16.0. The van der Waals surface area contributed by atoms with Crippen LogP contribution in [0.3, 0.4) is 0 Å². The average molecular weight is 464 g/mol. The van der Waals surface area contributed by atoms with Crippen molar-refractivity contribution in [3.8, 4) is 5.75 Å². The second-order valence-electron chi connectivity index (χ2n) is 6.91. The van der Waals surface area contributed by atoms with Crippen molar-refractivity contribution in [2.75, 3.05) is 13.2 Å². The van der Waals surface area contributed by atoms with E-state index < -0.39 is 24.7 Å². The van der Waals surface area contributed by atoms with E-state index >= 15 is 0 Å². The fourth-order valence-corrected chi connectivity index (χ4v) is 2.84. The number of carbonyl (C=O) groups excluding carboxylic acids is 1. The quantitative estimate of drug-likeness (QED) is 0.533. The van der Waals surface area contributed by atoms with Gasteiger partial charge in [0.05, 0.1) is 11.6 Å². The summed E-state index contributed by atoms with van der Waals surface area (Å²) in [4.78, 5) is 11.9. The molecular formula is C19H18ClF4N3O4. The van der Waals surface area contributed by atoms with Crippen molar-refractivity contribution in [1.29, 1.82) is 0 Å². The number of carbonyl (C=O) groups is 1. The first-order chi connectivity index (χ1) is 14.6. The fourth-order valence-electron chi connectivity index (χ4n) is 2.72. The standard InChI is InChI=1S/C19H18ClF4N3O4/c1-10(25-16(28)9-29-12-3-4-14(20)15(21)7-12)2-5-17-26-27-18(31-17)13-6-11(13)8-30-19(22,23)24/h3-4,7,11,13H,1-2,5-6,8-9H2,(H,25,28)/t11-,13+/m0/s1. The van der Waals surface area contributed by atoms with E-state index in [9.17, 15) is 22.4 Å². The first-order valence-electron chi connectivity index (χ1n) is 9.19. The first-order valence-corrected chi connectivity index (χ1v) is 9.57. The molecule has 1 N–H and O–H groups in total. The van der Waals surface area contributed by atoms with Gasteiger partial charge in [-0.3, -0.25) is 9.53 Å². The molecule has 1 aliphatic carbocycles. The van der Waals surface area contributed by atoms with Crippen molar-refractivity contribution < 1.29 is 36.2 Å². The molecule has 7 nitrogen and oxygen atoms in total. The van der Waals surface area contributed by atoms with Gasteiger partial charge in [-0.15, -0.1) is 23.4 Å². The molecule has 1 aliphatic rings. The zero-order chi connectivity index (χ0) is 22.6. The van der Waals surface area contributed by atoms with E-state index in [0.717, 1.165) is 6.07 Å². The van der Waals surface area contributed by atoms with Gasteiger partial charge in [-0.05, 0) is 30.9 Å². The number of hydrogen-bond donors (Lipinski definition) is 1. The minimum Gasteiger partial charge on any atom is -0.484 e. The summed E-state index contributed by atoms with van der Waals surface area (Å²) in [5, 5.41) is 10.2. The number of allylic oxidation sites excluding steroid dienone is 1. The topological polar surface area (TPSA) is 86.5 Å². The van der Waals surface area contributed by atoms with E-state index in [0.29, 0.717) is 18.5 Å². The number of alkyl halides is 3. The fraction of sp³-hybridized carbons (Fsp3) is 0.421. The molecular weight excluding hydrogens is 446 g/mol. The molecule has 1 aromatic carbocycles. The summed E-state index contributed by atoms with van der Waals surface area (Å²) < 4.78 is 64.0. The summed E-state index contributed by atoms with van der Waals surface area (Å²) in [6.07, 6.45) is -3.59. The lowest BCUT2D eigenvalue weighted by molar-refractivity contribution is -0.326. The maximum absolute atomic E-state index is 13.3. The molecule has 3 rings (SSSR count). The van der Waals surface area contributed by atoms with Crippen molar-refractivity contribution in [2.24, 2.45) is 5.92 Å². The third-order valence-electron chi connectivity index (χ3n) is 4.40. The van der Waals surface area contributed by atoms with Crippen molar-refractivity contribution in [3.05, 3.63) is 53.1 Å². The van der Waals surface area contributed by atoms with E-state index in [4.69, 9.17) is 20.8 Å². The maximum atomic E-state index is 13.3. The van der Waals surface area contributed by atoms with Gasteiger partial charge in [0, 0.05) is 24.1 Å². The van der Waals surface area contributed by atoms with E-state index in [1.54, 1.807) is 0 Å². The van der Waals surface area contributed by atoms with Gasteiger partial charge in [0.1, 0.15) is 11.6 Å². The van der Waals surface area contributed by atoms with Crippen LogP contribution in [0.1, 0.15) is 30.5 Å². The van der Waals surface area contributed by atoms with Crippen molar-refractivity contribution in [3.63, 3.8) is 0 Å². The van der Waals surface area contributed by atoms with Gasteiger partial charge in [0.2, 0.25) is 11.8 Å². The number of halogens is 5. The molecule has 2 aromatic rings. The van der Waals surface area contributed by atoms with Crippen LogP contribution in [0.2, 0.25) is 5.02 Å². The Kier molecular flexibility index (Phi) is 7.16. The Morgan fingerprint density at radius 2 is 2.13 bits per heavy atom. The Bertz CT molecular complexity index is 950. The number of aryl methyl sites for hydroxylation is 1. The molecule has 0 radical (unpaired) electrons. The summed E-state index contributed by atoms with van der Waals surface area (Å²) in [6, 6.07) is 3.81. The summed E-state index contributed by atoms with van der Waals surface area (Å²) in [6.45, 7) is 2.93. The summed E-state index contributed by atoms with van der Waals surface area (Å²) in [5.41, 5.74) is 0.374. The Balaban J connectivity index is 1.36. The minimum absolute atomic E-state index is 0.0544. The first kappa shape index (κ1) is 23.0. The highest BCUT2D eigenvalue weighted by Gasteiger charge is 2.45. The highest BCUT2D eigenvalue weighted by molar-refractivity contribution is 6.30. The molecule has 0 spiro atoms. The summed E-state index contributed by atoms with van der Waals surface area (Å²) in [7, 11) is 0. The van der Waals surface area contributed by atoms with Gasteiger partial charge in [0.15, 0.2) is 6.61 Å². The molecule has 0 unspecified atom stereocenters. The highest BCUT2D eigenvalue weighted by atomic mass is 35.5. The normalized spacial score (nSPS) is 18.0. The number of aromatic nitrogens is 2. The number of nitrogens with one attached hydrogen (secondary N) is 1. The minimum atomic E-state index is -4.66. The molecule has 12 heteroatoms. The van der Waals surface area contributed by atoms with Gasteiger partial charge < -0.3 is 14.5 Å². The Morgan fingerprint density at radius 1 is 1.35 bits per heavy atom. The van der Waals surface area contributed by atoms with Gasteiger partial charge in [0.25, 0.3) is 5.91 Å². The van der Waals surface area contributed by atoms with Gasteiger partial charge >= 0.3 is 6.36 Å². The van der Waals surface area contributed by atoms with Gasteiger partial charge in [-0.1, -0.05) is 18.2 Å². The van der Waals surface area contributed by atoms with E-state index in [1.165, 1.54) is 12.1 Å². The number of nitrogens with zero attached hydrogens (tertiary/aromatic N) is 2. The molecule has 0 saturated heterocycles. The van der Waals surface area contributed by atoms with Crippen molar-refractivity contribution in [1.82, 2.24) is 15.5 Å². The molecule has 0 bridgehead atoms. The third-order valence-corrected chi connectivity index (χ3v) is 4.71. The Morgan fingerprint density at radius 3 is 2.84 bits per heavy atom. The van der Waals surface area contributed by atoms with Gasteiger partial charge in [-0.25, -0.2) is 4.39 Å². The van der Waals surface area contributed by atoms with Crippen molar-refractivity contribution >= 4 is 17.5 Å². The lowest BCUT2D eigenvalue weighted by Gasteiger charge is -2.09. The molecule has 168 valence electrons. The lowest BCUT2D eigenvalue weighted by atomic mass is 10.2.